The first-order chi connectivity index (χ1) is 12.5. The molecule has 0 bridgehead atoms. The molecule has 0 aliphatic carbocycles. The zero-order valence-electron chi connectivity index (χ0n) is 15.4. The number of carbonyl (C=O) groups is 3. The molecule has 0 aromatic heterocycles. The molecular weight excluding hydrogens is 378 g/mol. The van der Waals surface area contributed by atoms with Crippen molar-refractivity contribution in [3.63, 3.8) is 0 Å². The summed E-state index contributed by atoms with van der Waals surface area (Å²) in [6.45, 7) is 4.26. The molecule has 27 heavy (non-hydrogen) atoms. The molecule has 0 saturated heterocycles. The summed E-state index contributed by atoms with van der Waals surface area (Å²) in [7, 11) is -4.19. The van der Waals surface area contributed by atoms with Gasteiger partial charge < -0.3 is 14.8 Å². The van der Waals surface area contributed by atoms with Gasteiger partial charge in [-0.3, -0.25) is 9.35 Å². The van der Waals surface area contributed by atoms with E-state index in [0.29, 0.717) is 11.1 Å². The number of carbonyl (C=O) groups excluding carboxylic acids is 3. The molecular formula is C17H23NO8S. The van der Waals surface area contributed by atoms with Crippen LogP contribution in [0.4, 0.5) is 0 Å². The van der Waals surface area contributed by atoms with Crippen LogP contribution in [-0.4, -0.2) is 49.6 Å². The van der Waals surface area contributed by atoms with E-state index in [1.54, 1.807) is 13.8 Å². The Hall–Kier alpha value is -2.46. The SMILES string of the molecule is CCOC(=O)C(Cc1ccc(CS(=O)(=O)O)cc1)(NC(C)=O)C(=O)OCC. The van der Waals surface area contributed by atoms with E-state index in [-0.39, 0.29) is 19.6 Å². The molecule has 0 atom stereocenters. The van der Waals surface area contributed by atoms with Crippen molar-refractivity contribution in [2.75, 3.05) is 13.2 Å². The first kappa shape index (κ1) is 22.6. The minimum Gasteiger partial charge on any atom is -0.464 e. The number of rotatable bonds is 9. The third-order valence-electron chi connectivity index (χ3n) is 3.48. The molecule has 1 rings (SSSR count). The Morgan fingerprint density at radius 2 is 1.44 bits per heavy atom. The molecule has 0 fully saturated rings. The number of hydrogen-bond acceptors (Lipinski definition) is 7. The van der Waals surface area contributed by atoms with Gasteiger partial charge >= 0.3 is 11.9 Å². The van der Waals surface area contributed by atoms with Gasteiger partial charge in [0.05, 0.1) is 13.2 Å². The monoisotopic (exact) mass is 401 g/mol. The molecule has 0 radical (unpaired) electrons. The number of nitrogens with one attached hydrogen (secondary N) is 1. The van der Waals surface area contributed by atoms with Gasteiger partial charge in [-0.15, -0.1) is 0 Å². The zero-order valence-corrected chi connectivity index (χ0v) is 16.2. The quantitative estimate of drug-likeness (QED) is 0.349. The fourth-order valence-electron chi connectivity index (χ4n) is 2.45. The molecule has 0 heterocycles. The van der Waals surface area contributed by atoms with E-state index in [4.69, 9.17) is 14.0 Å². The highest BCUT2D eigenvalue weighted by molar-refractivity contribution is 7.85. The van der Waals surface area contributed by atoms with Crippen molar-refractivity contribution >= 4 is 28.0 Å². The van der Waals surface area contributed by atoms with Gasteiger partial charge in [0.2, 0.25) is 11.4 Å². The van der Waals surface area contributed by atoms with Gasteiger partial charge in [-0.25, -0.2) is 9.59 Å². The van der Waals surface area contributed by atoms with Crippen molar-refractivity contribution in [2.24, 2.45) is 0 Å². The lowest BCUT2D eigenvalue weighted by Gasteiger charge is -2.29. The van der Waals surface area contributed by atoms with Crippen LogP contribution in [0.2, 0.25) is 0 Å². The molecule has 10 heteroatoms. The minimum atomic E-state index is -4.19. The van der Waals surface area contributed by atoms with Crippen LogP contribution in [0.5, 0.6) is 0 Å². The zero-order chi connectivity index (χ0) is 20.7. The van der Waals surface area contributed by atoms with Crippen LogP contribution in [0.3, 0.4) is 0 Å². The molecule has 0 aliphatic rings. The van der Waals surface area contributed by atoms with Crippen LogP contribution in [0, 0.1) is 0 Å². The second-order valence-corrected chi connectivity index (χ2v) is 7.20. The van der Waals surface area contributed by atoms with Crippen LogP contribution >= 0.6 is 0 Å². The first-order valence-electron chi connectivity index (χ1n) is 8.20. The lowest BCUT2D eigenvalue weighted by Crippen LogP contribution is -2.62. The van der Waals surface area contributed by atoms with E-state index in [1.807, 2.05) is 0 Å². The molecule has 0 saturated carbocycles. The predicted molar refractivity (Wildman–Crippen MR) is 95.2 cm³/mol. The summed E-state index contributed by atoms with van der Waals surface area (Å²) in [5, 5.41) is 2.34. The van der Waals surface area contributed by atoms with Gasteiger partial charge in [-0.1, -0.05) is 24.3 Å². The second-order valence-electron chi connectivity index (χ2n) is 5.75. The maximum absolute atomic E-state index is 12.5. The smallest absolute Gasteiger partial charge is 0.344 e. The topological polar surface area (TPSA) is 136 Å². The number of benzene rings is 1. The lowest BCUT2D eigenvalue weighted by atomic mass is 9.90. The van der Waals surface area contributed by atoms with Crippen molar-refractivity contribution in [3.8, 4) is 0 Å². The minimum absolute atomic E-state index is 0.00707. The van der Waals surface area contributed by atoms with Gasteiger partial charge in [0.15, 0.2) is 0 Å². The Balaban J connectivity index is 3.27. The maximum atomic E-state index is 12.5. The van der Waals surface area contributed by atoms with Gasteiger partial charge in [0, 0.05) is 13.3 Å². The van der Waals surface area contributed by atoms with Crippen molar-refractivity contribution in [3.05, 3.63) is 35.4 Å². The van der Waals surface area contributed by atoms with Crippen molar-refractivity contribution < 1.29 is 36.8 Å². The normalized spacial score (nSPS) is 11.6. The summed E-state index contributed by atoms with van der Waals surface area (Å²) in [5.74, 6) is -3.11. The Labute approximate surface area is 157 Å². The number of esters is 2. The van der Waals surface area contributed by atoms with Crippen LogP contribution in [0.25, 0.3) is 0 Å². The van der Waals surface area contributed by atoms with E-state index in [0.717, 1.165) is 6.92 Å². The second kappa shape index (κ2) is 9.47. The van der Waals surface area contributed by atoms with E-state index >= 15 is 0 Å². The first-order valence-corrected chi connectivity index (χ1v) is 9.81. The van der Waals surface area contributed by atoms with E-state index < -0.39 is 39.3 Å². The van der Waals surface area contributed by atoms with Crippen LogP contribution < -0.4 is 5.32 Å². The number of ether oxygens (including phenoxy) is 2. The lowest BCUT2D eigenvalue weighted by molar-refractivity contribution is -0.168. The molecule has 1 aromatic rings. The highest BCUT2D eigenvalue weighted by atomic mass is 32.2. The predicted octanol–water partition coefficient (Wildman–Crippen LogP) is 0.618. The average molecular weight is 401 g/mol. The molecule has 150 valence electrons. The van der Waals surface area contributed by atoms with E-state index in [9.17, 15) is 22.8 Å². The van der Waals surface area contributed by atoms with Crippen LogP contribution in [0.1, 0.15) is 31.9 Å². The Morgan fingerprint density at radius 3 is 1.81 bits per heavy atom. The van der Waals surface area contributed by atoms with Gasteiger partial charge in [0.1, 0.15) is 5.75 Å². The Morgan fingerprint density at radius 1 is 1.00 bits per heavy atom. The van der Waals surface area contributed by atoms with Gasteiger partial charge in [-0.05, 0) is 25.0 Å². The summed E-state index contributed by atoms with van der Waals surface area (Å²) in [5.41, 5.74) is -1.30. The molecule has 0 spiro atoms. The summed E-state index contributed by atoms with van der Waals surface area (Å²) >= 11 is 0. The third-order valence-corrected chi connectivity index (χ3v) is 4.18. The third kappa shape index (κ3) is 6.65. The molecule has 0 unspecified atom stereocenters. The van der Waals surface area contributed by atoms with Crippen molar-refractivity contribution in [1.29, 1.82) is 0 Å². The van der Waals surface area contributed by atoms with Gasteiger partial charge in [0.25, 0.3) is 10.1 Å². The van der Waals surface area contributed by atoms with Crippen molar-refractivity contribution in [2.45, 2.75) is 38.5 Å². The molecule has 2 N–H and O–H groups in total. The summed E-state index contributed by atoms with van der Waals surface area (Å²) < 4.78 is 40.7. The molecule has 1 aromatic carbocycles. The number of amides is 1. The Kier molecular flexibility index (Phi) is 7.92. The number of hydrogen-bond donors (Lipinski definition) is 2. The molecule has 0 aliphatic heterocycles. The fourth-order valence-corrected chi connectivity index (χ4v) is 3.07. The molecule has 9 nitrogen and oxygen atoms in total. The average Bonchev–Trinajstić information content (AvgIpc) is 2.54. The standard InChI is InChI=1S/C17H23NO8S/c1-4-25-15(20)17(18-12(3)19,16(21)26-5-2)10-13-6-8-14(9-7-13)11-27(22,23)24/h6-9H,4-5,10-11H2,1-3H3,(H,18,19)(H,22,23,24). The van der Waals surface area contributed by atoms with Crippen LogP contribution in [0.15, 0.2) is 24.3 Å². The van der Waals surface area contributed by atoms with Gasteiger partial charge in [-0.2, -0.15) is 8.42 Å². The maximum Gasteiger partial charge on any atom is 0.344 e. The fraction of sp³-hybridized carbons (Fsp3) is 0.471. The summed E-state index contributed by atoms with van der Waals surface area (Å²) in [4.78, 5) is 36.7. The van der Waals surface area contributed by atoms with E-state index in [2.05, 4.69) is 5.32 Å². The highest BCUT2D eigenvalue weighted by Crippen LogP contribution is 2.20. The largest absolute Gasteiger partial charge is 0.464 e. The van der Waals surface area contributed by atoms with Crippen LogP contribution in [-0.2, 0) is 46.1 Å². The highest BCUT2D eigenvalue weighted by Gasteiger charge is 2.50. The summed E-state index contributed by atoms with van der Waals surface area (Å²) in [6.07, 6.45) is -0.254. The summed E-state index contributed by atoms with van der Waals surface area (Å²) in [6, 6.07) is 5.82. The Bertz CT molecular complexity index is 768. The molecule has 1 amide bonds. The van der Waals surface area contributed by atoms with Crippen molar-refractivity contribution in [1.82, 2.24) is 5.32 Å². The van der Waals surface area contributed by atoms with E-state index in [1.165, 1.54) is 24.3 Å².